The zero-order valence-corrected chi connectivity index (χ0v) is 10.2. The van der Waals surface area contributed by atoms with Gasteiger partial charge in [-0.3, -0.25) is 9.98 Å². The molecule has 0 heterocycles. The first-order valence-electron chi connectivity index (χ1n) is 5.13. The van der Waals surface area contributed by atoms with Gasteiger partial charge in [-0.1, -0.05) is 0 Å². The van der Waals surface area contributed by atoms with E-state index in [0.29, 0.717) is 11.4 Å². The average Bonchev–Trinajstić information content (AvgIpc) is 2.11. The molecule has 1 aromatic carbocycles. The minimum atomic E-state index is 0.535. The van der Waals surface area contributed by atoms with Crippen LogP contribution in [0.5, 0.6) is 0 Å². The summed E-state index contributed by atoms with van der Waals surface area (Å²) in [7, 11) is 0. The summed E-state index contributed by atoms with van der Waals surface area (Å²) >= 11 is 0. The Morgan fingerprint density at radius 2 is 1.12 bits per heavy atom. The lowest BCUT2D eigenvalue weighted by Gasteiger charge is -2.06. The van der Waals surface area contributed by atoms with E-state index in [9.17, 15) is 0 Å². The molecule has 0 saturated heterocycles. The first-order chi connectivity index (χ1) is 7.40. The maximum Gasteiger partial charge on any atom is 0.0907 e. The van der Waals surface area contributed by atoms with Gasteiger partial charge >= 0.3 is 0 Å². The highest BCUT2D eigenvalue weighted by Crippen LogP contribution is 2.34. The molecule has 0 aliphatic rings. The highest BCUT2D eigenvalue weighted by Gasteiger charge is 2.04. The molecule has 0 amide bonds. The van der Waals surface area contributed by atoms with Crippen LogP contribution in [0, 0.1) is 0 Å². The molecule has 0 aliphatic heterocycles. The molecule has 86 valence electrons. The number of aliphatic imine (C=N–C) groups is 2. The van der Waals surface area contributed by atoms with Crippen molar-refractivity contribution in [3.63, 3.8) is 0 Å². The molecule has 16 heavy (non-hydrogen) atoms. The first-order valence-corrected chi connectivity index (χ1v) is 5.13. The van der Waals surface area contributed by atoms with Gasteiger partial charge in [-0.15, -0.1) is 0 Å². The van der Waals surface area contributed by atoms with Gasteiger partial charge in [0.2, 0.25) is 0 Å². The largest absolute Gasteiger partial charge is 0.397 e. The number of hydrogen-bond acceptors (Lipinski definition) is 4. The van der Waals surface area contributed by atoms with E-state index in [0.717, 1.165) is 22.8 Å². The lowest BCUT2D eigenvalue weighted by molar-refractivity contribution is 1.41. The number of hydrogen-bond donors (Lipinski definition) is 2. The smallest absolute Gasteiger partial charge is 0.0907 e. The lowest BCUT2D eigenvalue weighted by atomic mass is 10.2. The van der Waals surface area contributed by atoms with Crippen molar-refractivity contribution < 1.29 is 0 Å². The van der Waals surface area contributed by atoms with Crippen LogP contribution in [-0.2, 0) is 0 Å². The lowest BCUT2D eigenvalue weighted by Crippen LogP contribution is -1.94. The first kappa shape index (κ1) is 12.2. The van der Waals surface area contributed by atoms with Crippen LogP contribution in [0.1, 0.15) is 27.7 Å². The van der Waals surface area contributed by atoms with Crippen molar-refractivity contribution in [1.82, 2.24) is 0 Å². The number of benzene rings is 1. The molecule has 1 aromatic rings. The second-order valence-corrected chi connectivity index (χ2v) is 4.09. The number of nitrogens with zero attached hydrogens (tertiary/aromatic N) is 2. The van der Waals surface area contributed by atoms with Crippen LogP contribution >= 0.6 is 0 Å². The Morgan fingerprint density at radius 3 is 1.38 bits per heavy atom. The fourth-order valence-corrected chi connectivity index (χ4v) is 1.27. The predicted octanol–water partition coefficient (Wildman–Crippen LogP) is 3.08. The third-order valence-corrected chi connectivity index (χ3v) is 1.87. The molecule has 4 N–H and O–H groups in total. The topological polar surface area (TPSA) is 76.8 Å². The van der Waals surface area contributed by atoms with Crippen molar-refractivity contribution in [3.8, 4) is 0 Å². The summed E-state index contributed by atoms with van der Waals surface area (Å²) in [5, 5.41) is 0. The van der Waals surface area contributed by atoms with Gasteiger partial charge in [0.1, 0.15) is 0 Å². The maximum atomic E-state index is 5.75. The van der Waals surface area contributed by atoms with Gasteiger partial charge in [0.15, 0.2) is 0 Å². The van der Waals surface area contributed by atoms with Gasteiger partial charge in [0, 0.05) is 11.4 Å². The fraction of sp³-hybridized carbons (Fsp3) is 0.333. The van der Waals surface area contributed by atoms with Gasteiger partial charge in [-0.25, -0.2) is 0 Å². The maximum absolute atomic E-state index is 5.75. The van der Waals surface area contributed by atoms with Crippen LogP contribution in [0.4, 0.5) is 22.7 Å². The van der Waals surface area contributed by atoms with Crippen LogP contribution in [0.15, 0.2) is 22.1 Å². The molecule has 4 nitrogen and oxygen atoms in total. The molecule has 1 rings (SSSR count). The van der Waals surface area contributed by atoms with E-state index in [1.54, 1.807) is 12.1 Å². The van der Waals surface area contributed by atoms with Crippen molar-refractivity contribution in [2.24, 2.45) is 9.98 Å². The number of nitrogen functional groups attached to an aromatic ring is 2. The Hall–Kier alpha value is -1.84. The van der Waals surface area contributed by atoms with E-state index in [-0.39, 0.29) is 0 Å². The summed E-state index contributed by atoms with van der Waals surface area (Å²) in [4.78, 5) is 8.78. The molecule has 0 bridgehead atoms. The standard InChI is InChI=1S/C12H18N4/c1-7(2)15-11-5-9(13)10(14)6-12(11)16-8(3)4/h5-6H,13-14H2,1-4H3. The molecule has 0 fully saturated rings. The molecule has 0 aromatic heterocycles. The molecule has 0 radical (unpaired) electrons. The molecule has 4 heteroatoms. The predicted molar refractivity (Wildman–Crippen MR) is 72.2 cm³/mol. The van der Waals surface area contributed by atoms with Crippen LogP contribution in [0.3, 0.4) is 0 Å². The number of nitrogens with two attached hydrogens (primary N) is 2. The van der Waals surface area contributed by atoms with Crippen LogP contribution in [0.2, 0.25) is 0 Å². The van der Waals surface area contributed by atoms with E-state index in [1.807, 2.05) is 27.7 Å². The molecule has 0 unspecified atom stereocenters. The second-order valence-electron chi connectivity index (χ2n) is 4.09. The van der Waals surface area contributed by atoms with Crippen LogP contribution in [0.25, 0.3) is 0 Å². The monoisotopic (exact) mass is 218 g/mol. The van der Waals surface area contributed by atoms with Crippen LogP contribution in [-0.4, -0.2) is 11.4 Å². The van der Waals surface area contributed by atoms with E-state index < -0.39 is 0 Å². The van der Waals surface area contributed by atoms with E-state index in [2.05, 4.69) is 9.98 Å². The average molecular weight is 218 g/mol. The minimum Gasteiger partial charge on any atom is -0.397 e. The normalized spacial score (nSPS) is 9.75. The quantitative estimate of drug-likeness (QED) is 0.591. The highest BCUT2D eigenvalue weighted by atomic mass is 14.8. The Bertz CT molecular complexity index is 407. The molecule has 0 spiro atoms. The van der Waals surface area contributed by atoms with Crippen molar-refractivity contribution >= 4 is 34.2 Å². The second kappa shape index (κ2) is 4.79. The molecule has 0 atom stereocenters. The fourth-order valence-electron chi connectivity index (χ4n) is 1.27. The van der Waals surface area contributed by atoms with Gasteiger partial charge in [0.25, 0.3) is 0 Å². The number of rotatable bonds is 2. The van der Waals surface area contributed by atoms with Crippen molar-refractivity contribution in [3.05, 3.63) is 12.1 Å². The summed E-state index contributed by atoms with van der Waals surface area (Å²) in [6, 6.07) is 3.51. The third-order valence-electron chi connectivity index (χ3n) is 1.87. The van der Waals surface area contributed by atoms with Gasteiger partial charge in [-0.05, 0) is 39.8 Å². The summed E-state index contributed by atoms with van der Waals surface area (Å²) in [6.45, 7) is 7.72. The van der Waals surface area contributed by atoms with Gasteiger partial charge in [-0.2, -0.15) is 0 Å². The van der Waals surface area contributed by atoms with E-state index in [4.69, 9.17) is 11.5 Å². The van der Waals surface area contributed by atoms with Crippen molar-refractivity contribution in [2.75, 3.05) is 11.5 Å². The summed E-state index contributed by atoms with van der Waals surface area (Å²) < 4.78 is 0. The minimum absolute atomic E-state index is 0.535. The summed E-state index contributed by atoms with van der Waals surface area (Å²) in [5.41, 5.74) is 16.0. The van der Waals surface area contributed by atoms with Crippen LogP contribution < -0.4 is 11.5 Å². The molecule has 0 saturated carbocycles. The zero-order chi connectivity index (χ0) is 12.3. The van der Waals surface area contributed by atoms with E-state index >= 15 is 0 Å². The Kier molecular flexibility index (Phi) is 3.66. The molecular weight excluding hydrogens is 200 g/mol. The Balaban J connectivity index is 3.39. The third kappa shape index (κ3) is 3.08. The zero-order valence-electron chi connectivity index (χ0n) is 10.2. The van der Waals surface area contributed by atoms with E-state index in [1.165, 1.54) is 0 Å². The number of anilines is 2. The molecule has 0 aliphatic carbocycles. The SMILES string of the molecule is CC(C)=Nc1cc(N)c(N)cc1N=C(C)C. The summed E-state index contributed by atoms with van der Waals surface area (Å²) in [6.07, 6.45) is 0. The Morgan fingerprint density at radius 1 is 0.812 bits per heavy atom. The van der Waals surface area contributed by atoms with Gasteiger partial charge < -0.3 is 11.5 Å². The summed E-state index contributed by atoms with van der Waals surface area (Å²) in [5.74, 6) is 0. The van der Waals surface area contributed by atoms with Crippen molar-refractivity contribution in [1.29, 1.82) is 0 Å². The highest BCUT2D eigenvalue weighted by molar-refractivity contribution is 5.90. The van der Waals surface area contributed by atoms with Crippen molar-refractivity contribution in [2.45, 2.75) is 27.7 Å². The van der Waals surface area contributed by atoms with Gasteiger partial charge in [0.05, 0.1) is 22.7 Å². The molecular formula is C12H18N4. The Labute approximate surface area is 96.1 Å².